The Morgan fingerprint density at radius 3 is 2.00 bits per heavy atom. The van der Waals surface area contributed by atoms with E-state index < -0.39 is 0 Å². The summed E-state index contributed by atoms with van der Waals surface area (Å²) in [6, 6.07) is 29.3. The fourth-order valence-electron chi connectivity index (χ4n) is 2.72. The number of hydrogen-bond donors (Lipinski definition) is 0. The minimum absolute atomic E-state index is 1.14. The summed E-state index contributed by atoms with van der Waals surface area (Å²) in [6.45, 7) is 0. The van der Waals surface area contributed by atoms with Crippen molar-refractivity contribution in [1.82, 2.24) is 4.57 Å². The summed E-state index contributed by atoms with van der Waals surface area (Å²) in [5, 5.41) is 1.23. The minimum Gasteiger partial charge on any atom is -0.307 e. The zero-order valence-corrected chi connectivity index (χ0v) is 11.5. The predicted octanol–water partition coefficient (Wildman–Crippen LogP) is 5.10. The van der Waals surface area contributed by atoms with E-state index in [9.17, 15) is 0 Å². The van der Waals surface area contributed by atoms with Crippen LogP contribution in [-0.2, 0) is 0 Å². The van der Waals surface area contributed by atoms with Crippen molar-refractivity contribution in [3.8, 4) is 16.8 Å². The summed E-state index contributed by atoms with van der Waals surface area (Å²) < 4.78 is 2.14. The molecule has 1 nitrogen and oxygen atoms in total. The van der Waals surface area contributed by atoms with Gasteiger partial charge >= 0.3 is 0 Å². The molecule has 0 aliphatic rings. The Labute approximate surface area is 124 Å². The van der Waals surface area contributed by atoms with E-state index in [4.69, 9.17) is 0 Å². The molecule has 1 aromatic heterocycles. The van der Waals surface area contributed by atoms with Gasteiger partial charge in [0, 0.05) is 16.6 Å². The minimum atomic E-state index is 1.14. The molecule has 4 rings (SSSR count). The average molecular weight is 268 g/mol. The second kappa shape index (κ2) is 4.95. The largest absolute Gasteiger partial charge is 0.307 e. The number of hydrogen-bond acceptors (Lipinski definition) is 0. The monoisotopic (exact) mass is 268 g/mol. The summed E-state index contributed by atoms with van der Waals surface area (Å²) in [7, 11) is 0. The van der Waals surface area contributed by atoms with Gasteiger partial charge in [-0.15, -0.1) is 0 Å². The van der Waals surface area contributed by atoms with Gasteiger partial charge in [-0.05, 0) is 23.8 Å². The second-order valence-electron chi connectivity index (χ2n) is 5.04. The van der Waals surface area contributed by atoms with Crippen LogP contribution in [-0.4, -0.2) is 4.57 Å². The first-order chi connectivity index (χ1) is 10.4. The molecule has 1 heteroatoms. The number of para-hydroxylation sites is 2. The van der Waals surface area contributed by atoms with Crippen LogP contribution in [0.5, 0.6) is 0 Å². The van der Waals surface area contributed by atoms with Crippen molar-refractivity contribution < 1.29 is 0 Å². The third-order valence-corrected chi connectivity index (χ3v) is 3.71. The van der Waals surface area contributed by atoms with Crippen molar-refractivity contribution in [3.63, 3.8) is 0 Å². The molecule has 0 unspecified atom stereocenters. The van der Waals surface area contributed by atoms with E-state index in [0.717, 1.165) is 11.3 Å². The van der Waals surface area contributed by atoms with Crippen LogP contribution in [0.4, 0.5) is 0 Å². The standard InChI is InChI=1S/C20H14N/c1-3-9-16(10-4-1)19-15-21(17-11-5-2-6-12-17)20-14-8-7-13-18(19)20/h1-14H. The molecule has 0 aliphatic carbocycles. The average Bonchev–Trinajstić information content (AvgIpc) is 2.96. The Hall–Kier alpha value is -2.80. The van der Waals surface area contributed by atoms with E-state index in [1.165, 1.54) is 16.5 Å². The van der Waals surface area contributed by atoms with Gasteiger partial charge in [0.05, 0.1) is 11.7 Å². The van der Waals surface area contributed by atoms with Crippen molar-refractivity contribution in [2.45, 2.75) is 0 Å². The van der Waals surface area contributed by atoms with Gasteiger partial charge in [-0.1, -0.05) is 66.7 Å². The fraction of sp³-hybridized carbons (Fsp3) is 0. The molecule has 0 saturated heterocycles. The van der Waals surface area contributed by atoms with Crippen molar-refractivity contribution >= 4 is 10.9 Å². The van der Waals surface area contributed by atoms with Gasteiger partial charge in [-0.3, -0.25) is 0 Å². The number of aromatic nitrogens is 1. The van der Waals surface area contributed by atoms with Crippen molar-refractivity contribution in [2.24, 2.45) is 0 Å². The highest BCUT2D eigenvalue weighted by atomic mass is 15.0. The van der Waals surface area contributed by atoms with E-state index in [1.807, 2.05) is 12.1 Å². The second-order valence-corrected chi connectivity index (χ2v) is 5.04. The maximum Gasteiger partial charge on any atom is 0.0795 e. The molecule has 4 aromatic rings. The Morgan fingerprint density at radius 1 is 0.619 bits per heavy atom. The van der Waals surface area contributed by atoms with E-state index in [0.29, 0.717) is 0 Å². The number of benzene rings is 3. The fourth-order valence-corrected chi connectivity index (χ4v) is 2.72. The van der Waals surface area contributed by atoms with Crippen LogP contribution in [0.3, 0.4) is 0 Å². The molecule has 99 valence electrons. The lowest BCUT2D eigenvalue weighted by Gasteiger charge is -2.03. The molecule has 0 atom stereocenters. The molecule has 0 saturated carbocycles. The quantitative estimate of drug-likeness (QED) is 0.477. The van der Waals surface area contributed by atoms with Crippen LogP contribution in [0.25, 0.3) is 27.7 Å². The molecule has 0 bridgehead atoms. The van der Waals surface area contributed by atoms with Crippen LogP contribution in [0.15, 0.2) is 84.9 Å². The van der Waals surface area contributed by atoms with Crippen molar-refractivity contribution in [1.29, 1.82) is 0 Å². The van der Waals surface area contributed by atoms with E-state index in [2.05, 4.69) is 83.6 Å². The van der Waals surface area contributed by atoms with Crippen LogP contribution in [0.1, 0.15) is 0 Å². The maximum absolute atomic E-state index is 3.54. The Kier molecular flexibility index (Phi) is 2.82. The van der Waals surface area contributed by atoms with E-state index in [-0.39, 0.29) is 0 Å². The normalized spacial score (nSPS) is 10.9. The molecule has 0 fully saturated rings. The van der Waals surface area contributed by atoms with Gasteiger partial charge in [-0.25, -0.2) is 0 Å². The number of nitrogens with zero attached hydrogens (tertiary/aromatic N) is 1. The first-order valence-corrected chi connectivity index (χ1v) is 7.07. The summed E-state index contributed by atoms with van der Waals surface area (Å²) in [5.41, 5.74) is 4.66. The van der Waals surface area contributed by atoms with Gasteiger partial charge in [0.25, 0.3) is 0 Å². The van der Waals surface area contributed by atoms with E-state index in [1.54, 1.807) is 0 Å². The highest BCUT2D eigenvalue weighted by Crippen LogP contribution is 2.31. The molecule has 0 spiro atoms. The summed E-state index contributed by atoms with van der Waals surface area (Å²) >= 11 is 0. The molecule has 21 heavy (non-hydrogen) atoms. The summed E-state index contributed by atoms with van der Waals surface area (Å²) in [6.07, 6.45) is 3.54. The maximum atomic E-state index is 3.54. The predicted molar refractivity (Wildman–Crippen MR) is 87.5 cm³/mol. The smallest absolute Gasteiger partial charge is 0.0795 e. The topological polar surface area (TPSA) is 4.93 Å². The first-order valence-electron chi connectivity index (χ1n) is 7.07. The lowest BCUT2D eigenvalue weighted by Crippen LogP contribution is -1.90. The zero-order chi connectivity index (χ0) is 14.1. The molecular formula is C20H14N. The SMILES string of the molecule is [c]1c(-c2ccccc2)c2ccccc2n1-c1ccccc1. The highest BCUT2D eigenvalue weighted by Gasteiger charge is 2.11. The first kappa shape index (κ1) is 12.0. The van der Waals surface area contributed by atoms with Crippen molar-refractivity contribution in [3.05, 3.63) is 91.1 Å². The van der Waals surface area contributed by atoms with Crippen LogP contribution in [0, 0.1) is 6.20 Å². The van der Waals surface area contributed by atoms with Crippen LogP contribution in [0.2, 0.25) is 0 Å². The molecule has 0 amide bonds. The third-order valence-electron chi connectivity index (χ3n) is 3.71. The van der Waals surface area contributed by atoms with Gasteiger partial charge in [-0.2, -0.15) is 0 Å². The lowest BCUT2D eigenvalue weighted by atomic mass is 10.1. The van der Waals surface area contributed by atoms with Gasteiger partial charge in [0.2, 0.25) is 0 Å². The molecular weight excluding hydrogens is 254 g/mol. The number of fused-ring (bicyclic) bond motifs is 1. The zero-order valence-electron chi connectivity index (χ0n) is 11.5. The molecule has 1 radical (unpaired) electrons. The molecule has 3 aromatic carbocycles. The third kappa shape index (κ3) is 2.03. The Morgan fingerprint density at radius 2 is 1.24 bits per heavy atom. The number of rotatable bonds is 2. The van der Waals surface area contributed by atoms with Crippen molar-refractivity contribution in [2.75, 3.05) is 0 Å². The Balaban J connectivity index is 2.02. The van der Waals surface area contributed by atoms with Gasteiger partial charge in [0.15, 0.2) is 0 Å². The summed E-state index contributed by atoms with van der Waals surface area (Å²) in [5.74, 6) is 0. The van der Waals surface area contributed by atoms with Crippen LogP contribution >= 0.6 is 0 Å². The molecule has 0 aliphatic heterocycles. The lowest BCUT2D eigenvalue weighted by molar-refractivity contribution is 1.12. The van der Waals surface area contributed by atoms with Gasteiger partial charge in [0.1, 0.15) is 0 Å². The Bertz CT molecular complexity index is 800. The van der Waals surface area contributed by atoms with Crippen LogP contribution < -0.4 is 0 Å². The van der Waals surface area contributed by atoms with E-state index >= 15 is 0 Å². The van der Waals surface area contributed by atoms with Gasteiger partial charge < -0.3 is 4.57 Å². The molecule has 1 heterocycles. The highest BCUT2D eigenvalue weighted by molar-refractivity contribution is 5.96. The summed E-state index contributed by atoms with van der Waals surface area (Å²) in [4.78, 5) is 0. The molecule has 0 N–H and O–H groups in total.